The molecule has 1 N–H and O–H groups in total. The summed E-state index contributed by atoms with van der Waals surface area (Å²) < 4.78 is 5.28. The number of rotatable bonds is 3. The molecule has 0 bridgehead atoms. The number of nitrogens with one attached hydrogen (secondary N) is 1. The molecule has 0 saturated carbocycles. The SMILES string of the molecule is Cc1cccc(-c2cc(C(=O)Nc3cc(Cl)ccc3C)no2)c1. The zero-order valence-corrected chi connectivity index (χ0v) is 13.5. The second-order valence-corrected chi connectivity index (χ2v) is 5.80. The van der Waals surface area contributed by atoms with E-state index in [1.54, 1.807) is 18.2 Å². The minimum Gasteiger partial charge on any atom is -0.355 e. The minimum atomic E-state index is -0.335. The molecule has 0 aliphatic heterocycles. The number of halogens is 1. The predicted molar refractivity (Wildman–Crippen MR) is 90.8 cm³/mol. The lowest BCUT2D eigenvalue weighted by atomic mass is 10.1. The van der Waals surface area contributed by atoms with Crippen LogP contribution < -0.4 is 5.32 Å². The summed E-state index contributed by atoms with van der Waals surface area (Å²) in [5, 5.41) is 7.21. The highest BCUT2D eigenvalue weighted by atomic mass is 35.5. The number of amides is 1. The molecule has 2 aromatic carbocycles. The van der Waals surface area contributed by atoms with Crippen molar-refractivity contribution in [1.82, 2.24) is 5.16 Å². The Morgan fingerprint density at radius 2 is 1.96 bits per heavy atom. The molecule has 0 fully saturated rings. The van der Waals surface area contributed by atoms with Gasteiger partial charge in [0.2, 0.25) is 0 Å². The van der Waals surface area contributed by atoms with Crippen molar-refractivity contribution in [2.24, 2.45) is 0 Å². The van der Waals surface area contributed by atoms with E-state index in [2.05, 4.69) is 10.5 Å². The number of hydrogen-bond donors (Lipinski definition) is 1. The number of carbonyl (C=O) groups excluding carboxylic acids is 1. The van der Waals surface area contributed by atoms with Crippen LogP contribution >= 0.6 is 11.6 Å². The van der Waals surface area contributed by atoms with Gasteiger partial charge in [0, 0.05) is 22.3 Å². The fourth-order valence-corrected chi connectivity index (χ4v) is 2.40. The van der Waals surface area contributed by atoms with Crippen LogP contribution in [0, 0.1) is 13.8 Å². The van der Waals surface area contributed by atoms with E-state index < -0.39 is 0 Å². The van der Waals surface area contributed by atoms with E-state index in [0.717, 1.165) is 16.7 Å². The molecular formula is C18H15ClN2O2. The monoisotopic (exact) mass is 326 g/mol. The third kappa shape index (κ3) is 3.43. The van der Waals surface area contributed by atoms with Crippen molar-refractivity contribution in [1.29, 1.82) is 0 Å². The Bertz CT molecular complexity index is 871. The maximum atomic E-state index is 12.3. The van der Waals surface area contributed by atoms with Crippen LogP contribution in [-0.4, -0.2) is 11.1 Å². The van der Waals surface area contributed by atoms with Gasteiger partial charge in [0.1, 0.15) is 0 Å². The third-order valence-corrected chi connectivity index (χ3v) is 3.73. The maximum Gasteiger partial charge on any atom is 0.277 e. The minimum absolute atomic E-state index is 0.223. The Balaban J connectivity index is 1.82. The number of hydrogen-bond acceptors (Lipinski definition) is 3. The molecule has 116 valence electrons. The second-order valence-electron chi connectivity index (χ2n) is 5.36. The molecule has 5 heteroatoms. The van der Waals surface area contributed by atoms with E-state index in [4.69, 9.17) is 16.1 Å². The van der Waals surface area contributed by atoms with Crippen LogP contribution in [0.5, 0.6) is 0 Å². The normalized spacial score (nSPS) is 10.6. The van der Waals surface area contributed by atoms with Gasteiger partial charge in [0.15, 0.2) is 11.5 Å². The second kappa shape index (κ2) is 6.26. The van der Waals surface area contributed by atoms with E-state index in [-0.39, 0.29) is 11.6 Å². The van der Waals surface area contributed by atoms with Crippen LogP contribution in [0.2, 0.25) is 5.02 Å². The Kier molecular flexibility index (Phi) is 4.17. The maximum absolute atomic E-state index is 12.3. The quantitative estimate of drug-likeness (QED) is 0.747. The smallest absolute Gasteiger partial charge is 0.277 e. The first-order chi connectivity index (χ1) is 11.0. The Labute approximate surface area is 139 Å². The van der Waals surface area contributed by atoms with E-state index in [9.17, 15) is 4.79 Å². The van der Waals surface area contributed by atoms with Gasteiger partial charge in [-0.3, -0.25) is 4.79 Å². The van der Waals surface area contributed by atoms with Gasteiger partial charge in [-0.1, -0.05) is 46.6 Å². The molecule has 3 aromatic rings. The largest absolute Gasteiger partial charge is 0.355 e. The average molecular weight is 327 g/mol. The molecule has 23 heavy (non-hydrogen) atoms. The van der Waals surface area contributed by atoms with Crippen molar-refractivity contribution in [2.75, 3.05) is 5.32 Å². The molecule has 0 aliphatic rings. The van der Waals surface area contributed by atoms with Gasteiger partial charge in [-0.2, -0.15) is 0 Å². The van der Waals surface area contributed by atoms with Crippen LogP contribution in [0.15, 0.2) is 53.1 Å². The van der Waals surface area contributed by atoms with Crippen LogP contribution in [0.4, 0.5) is 5.69 Å². The Hall–Kier alpha value is -2.59. The summed E-state index contributed by atoms with van der Waals surface area (Å²) in [5.74, 6) is 0.222. The van der Waals surface area contributed by atoms with Crippen molar-refractivity contribution in [3.63, 3.8) is 0 Å². The number of aryl methyl sites for hydroxylation is 2. The van der Waals surface area contributed by atoms with E-state index in [1.807, 2.05) is 44.2 Å². The fourth-order valence-electron chi connectivity index (χ4n) is 2.23. The lowest BCUT2D eigenvalue weighted by Gasteiger charge is -2.06. The summed E-state index contributed by atoms with van der Waals surface area (Å²) in [5.41, 5.74) is 3.79. The number of anilines is 1. The molecule has 0 radical (unpaired) electrons. The molecule has 4 nitrogen and oxygen atoms in total. The zero-order valence-electron chi connectivity index (χ0n) is 12.8. The molecule has 1 aromatic heterocycles. The van der Waals surface area contributed by atoms with Gasteiger partial charge in [0.25, 0.3) is 5.91 Å². The first-order valence-corrected chi connectivity index (χ1v) is 7.52. The van der Waals surface area contributed by atoms with Gasteiger partial charge >= 0.3 is 0 Å². The van der Waals surface area contributed by atoms with Gasteiger partial charge in [0.05, 0.1) is 0 Å². The molecule has 0 atom stereocenters. The summed E-state index contributed by atoms with van der Waals surface area (Å²) >= 11 is 5.96. The number of benzene rings is 2. The molecule has 0 spiro atoms. The van der Waals surface area contributed by atoms with E-state index >= 15 is 0 Å². The Morgan fingerprint density at radius 3 is 2.74 bits per heavy atom. The van der Waals surface area contributed by atoms with Crippen LogP contribution in [0.3, 0.4) is 0 Å². The third-order valence-electron chi connectivity index (χ3n) is 3.49. The van der Waals surface area contributed by atoms with E-state index in [1.165, 1.54) is 0 Å². The van der Waals surface area contributed by atoms with Gasteiger partial charge in [-0.05, 0) is 37.6 Å². The summed E-state index contributed by atoms with van der Waals surface area (Å²) in [7, 11) is 0. The van der Waals surface area contributed by atoms with E-state index in [0.29, 0.717) is 16.5 Å². The molecule has 0 aliphatic carbocycles. The number of aromatic nitrogens is 1. The van der Waals surface area contributed by atoms with Gasteiger partial charge in [-0.15, -0.1) is 0 Å². The summed E-state index contributed by atoms with van der Waals surface area (Å²) in [4.78, 5) is 12.3. The molecule has 1 heterocycles. The predicted octanol–water partition coefficient (Wildman–Crippen LogP) is 4.86. The van der Waals surface area contributed by atoms with Gasteiger partial charge < -0.3 is 9.84 Å². The highest BCUT2D eigenvalue weighted by Crippen LogP contribution is 2.23. The van der Waals surface area contributed by atoms with Crippen molar-refractivity contribution in [2.45, 2.75) is 13.8 Å². The lowest BCUT2D eigenvalue weighted by Crippen LogP contribution is -2.13. The summed E-state index contributed by atoms with van der Waals surface area (Å²) in [6.45, 7) is 3.89. The lowest BCUT2D eigenvalue weighted by molar-refractivity contribution is 0.101. The van der Waals surface area contributed by atoms with Crippen molar-refractivity contribution in [3.8, 4) is 11.3 Å². The highest BCUT2D eigenvalue weighted by Gasteiger charge is 2.15. The van der Waals surface area contributed by atoms with Crippen molar-refractivity contribution < 1.29 is 9.32 Å². The zero-order chi connectivity index (χ0) is 16.4. The molecular weight excluding hydrogens is 312 g/mol. The van der Waals surface area contributed by atoms with Crippen LogP contribution in [0.25, 0.3) is 11.3 Å². The number of carbonyl (C=O) groups is 1. The first kappa shape index (κ1) is 15.3. The molecule has 1 amide bonds. The van der Waals surface area contributed by atoms with Gasteiger partial charge in [-0.25, -0.2) is 0 Å². The highest BCUT2D eigenvalue weighted by molar-refractivity contribution is 6.31. The summed E-state index contributed by atoms with van der Waals surface area (Å²) in [6.07, 6.45) is 0. The molecule has 0 saturated heterocycles. The molecule has 0 unspecified atom stereocenters. The van der Waals surface area contributed by atoms with Crippen LogP contribution in [0.1, 0.15) is 21.6 Å². The van der Waals surface area contributed by atoms with Crippen molar-refractivity contribution >= 4 is 23.2 Å². The number of nitrogens with zero attached hydrogens (tertiary/aromatic N) is 1. The topological polar surface area (TPSA) is 55.1 Å². The fraction of sp³-hybridized carbons (Fsp3) is 0.111. The molecule has 3 rings (SSSR count). The van der Waals surface area contributed by atoms with Crippen LogP contribution in [-0.2, 0) is 0 Å². The van der Waals surface area contributed by atoms with Crippen molar-refractivity contribution in [3.05, 3.63) is 70.4 Å². The average Bonchev–Trinajstić information content (AvgIpc) is 3.01. The Morgan fingerprint density at radius 1 is 1.13 bits per heavy atom. The standard InChI is InChI=1S/C18H15ClN2O2/c1-11-4-3-5-13(8-11)17-10-16(21-23-17)18(22)20-15-9-14(19)7-6-12(15)2/h3-10H,1-2H3,(H,20,22). The first-order valence-electron chi connectivity index (χ1n) is 7.14. The summed E-state index contributed by atoms with van der Waals surface area (Å²) in [6, 6.07) is 14.8.